The first-order chi connectivity index (χ1) is 8.58. The van der Waals surface area contributed by atoms with Crippen molar-refractivity contribution in [2.75, 3.05) is 6.61 Å². The van der Waals surface area contributed by atoms with Crippen LogP contribution in [0.25, 0.3) is 0 Å². The minimum Gasteiger partial charge on any atom is -0.396 e. The maximum Gasteiger partial charge on any atom is 0.0457 e. The number of hydrogen-bond donors (Lipinski definition) is 2. The van der Waals surface area contributed by atoms with Gasteiger partial charge in [-0.3, -0.25) is 0 Å². The number of halogens is 1. The molecule has 1 saturated carbocycles. The van der Waals surface area contributed by atoms with Crippen molar-refractivity contribution in [1.29, 1.82) is 0 Å². The molecule has 0 spiro atoms. The van der Waals surface area contributed by atoms with Gasteiger partial charge in [0.1, 0.15) is 0 Å². The van der Waals surface area contributed by atoms with Crippen LogP contribution in [0, 0.1) is 5.92 Å². The molecule has 18 heavy (non-hydrogen) atoms. The molecule has 0 heterocycles. The first-order valence-electron chi connectivity index (χ1n) is 6.71. The minimum absolute atomic E-state index is 0.105. The topological polar surface area (TPSA) is 46.2 Å². The van der Waals surface area contributed by atoms with E-state index in [-0.39, 0.29) is 24.0 Å². The van der Waals surface area contributed by atoms with Crippen LogP contribution < -0.4 is 5.73 Å². The fourth-order valence-corrected chi connectivity index (χ4v) is 3.07. The fraction of sp³-hybridized carbons (Fsp3) is 0.600. The Kier molecular flexibility index (Phi) is 4.31. The largest absolute Gasteiger partial charge is 0.396 e. The lowest BCUT2D eigenvalue weighted by Gasteiger charge is -2.47. The molecule has 1 aromatic rings. The van der Waals surface area contributed by atoms with E-state index >= 15 is 0 Å². The van der Waals surface area contributed by atoms with Crippen molar-refractivity contribution in [2.24, 2.45) is 11.7 Å². The first kappa shape index (κ1) is 13.9. The van der Waals surface area contributed by atoms with Crippen LogP contribution in [0.4, 0.5) is 0 Å². The highest BCUT2D eigenvalue weighted by Crippen LogP contribution is 2.47. The zero-order valence-corrected chi connectivity index (χ0v) is 11.7. The van der Waals surface area contributed by atoms with Gasteiger partial charge in [0.2, 0.25) is 0 Å². The van der Waals surface area contributed by atoms with Gasteiger partial charge >= 0.3 is 0 Å². The number of hydrogen-bond acceptors (Lipinski definition) is 2. The second-order valence-corrected chi connectivity index (χ2v) is 6.08. The third kappa shape index (κ3) is 2.56. The fourth-order valence-electron chi connectivity index (χ4n) is 2.95. The van der Waals surface area contributed by atoms with E-state index in [9.17, 15) is 5.11 Å². The molecule has 2 nitrogen and oxygen atoms in total. The van der Waals surface area contributed by atoms with Crippen molar-refractivity contribution in [3.05, 3.63) is 34.9 Å². The Morgan fingerprint density at radius 1 is 1.33 bits per heavy atom. The summed E-state index contributed by atoms with van der Waals surface area (Å²) >= 11 is 5.95. The van der Waals surface area contributed by atoms with Crippen molar-refractivity contribution in [3.8, 4) is 0 Å². The number of aliphatic hydroxyl groups excluding tert-OH is 1. The molecule has 0 saturated heterocycles. The molecule has 3 N–H and O–H groups in total. The van der Waals surface area contributed by atoms with Crippen LogP contribution in [0.15, 0.2) is 24.3 Å². The van der Waals surface area contributed by atoms with Crippen molar-refractivity contribution in [3.63, 3.8) is 0 Å². The highest BCUT2D eigenvalue weighted by Gasteiger charge is 2.43. The van der Waals surface area contributed by atoms with Crippen LogP contribution in [0.3, 0.4) is 0 Å². The van der Waals surface area contributed by atoms with Crippen molar-refractivity contribution < 1.29 is 5.11 Å². The Balaban J connectivity index is 2.17. The Bertz CT molecular complexity index is 386. The van der Waals surface area contributed by atoms with Gasteiger partial charge in [-0.1, -0.05) is 37.1 Å². The maximum atomic E-state index is 9.17. The van der Waals surface area contributed by atoms with E-state index in [4.69, 9.17) is 17.3 Å². The van der Waals surface area contributed by atoms with Gasteiger partial charge in [0.15, 0.2) is 0 Å². The van der Waals surface area contributed by atoms with Crippen LogP contribution in [0.1, 0.15) is 38.2 Å². The van der Waals surface area contributed by atoms with Crippen molar-refractivity contribution >= 4 is 11.6 Å². The minimum atomic E-state index is 0.105. The molecular weight excluding hydrogens is 246 g/mol. The van der Waals surface area contributed by atoms with Crippen LogP contribution in [-0.4, -0.2) is 17.8 Å². The second kappa shape index (κ2) is 5.60. The normalized spacial score (nSPS) is 21.1. The Hall–Kier alpha value is -0.570. The molecule has 2 atom stereocenters. The maximum absolute atomic E-state index is 9.17. The van der Waals surface area contributed by atoms with Crippen LogP contribution in [0.5, 0.6) is 0 Å². The summed E-state index contributed by atoms with van der Waals surface area (Å²) in [5.74, 6) is 0.268. The Morgan fingerprint density at radius 3 is 2.39 bits per heavy atom. The summed E-state index contributed by atoms with van der Waals surface area (Å²) in [6, 6.07) is 8.21. The Morgan fingerprint density at radius 2 is 1.94 bits per heavy atom. The molecule has 0 unspecified atom stereocenters. The van der Waals surface area contributed by atoms with Crippen molar-refractivity contribution in [1.82, 2.24) is 0 Å². The standard InChI is InChI=1S/C15H22ClNO/c1-11(10-18)9-14(17)15(7-2-8-15)12-3-5-13(16)6-4-12/h3-6,11,14,18H,2,7-10,17H2,1H3/t11-,14-/m1/s1. The molecule has 1 aliphatic rings. The molecule has 0 bridgehead atoms. The van der Waals surface area contributed by atoms with Crippen LogP contribution in [0.2, 0.25) is 5.02 Å². The average Bonchev–Trinajstić information content (AvgIpc) is 2.30. The van der Waals surface area contributed by atoms with Gasteiger partial charge in [-0.15, -0.1) is 0 Å². The molecule has 2 rings (SSSR count). The number of rotatable bonds is 5. The quantitative estimate of drug-likeness (QED) is 0.861. The lowest BCUT2D eigenvalue weighted by molar-refractivity contribution is 0.153. The van der Waals surface area contributed by atoms with Gasteiger partial charge in [-0.2, -0.15) is 0 Å². The van der Waals surface area contributed by atoms with E-state index in [1.54, 1.807) is 0 Å². The average molecular weight is 268 g/mol. The molecule has 3 heteroatoms. The highest BCUT2D eigenvalue weighted by atomic mass is 35.5. The zero-order valence-electron chi connectivity index (χ0n) is 10.9. The molecular formula is C15H22ClNO. The molecule has 0 radical (unpaired) electrons. The second-order valence-electron chi connectivity index (χ2n) is 5.65. The lowest BCUT2D eigenvalue weighted by Crippen LogP contribution is -2.51. The van der Waals surface area contributed by atoms with Gasteiger partial charge < -0.3 is 10.8 Å². The van der Waals surface area contributed by atoms with E-state index in [1.165, 1.54) is 12.0 Å². The van der Waals surface area contributed by atoms with E-state index in [2.05, 4.69) is 12.1 Å². The number of aliphatic hydroxyl groups is 1. The monoisotopic (exact) mass is 267 g/mol. The summed E-state index contributed by atoms with van der Waals surface area (Å²) in [5, 5.41) is 9.94. The molecule has 0 aromatic heterocycles. The molecule has 1 fully saturated rings. The third-order valence-corrected chi connectivity index (χ3v) is 4.59. The van der Waals surface area contributed by atoms with E-state index in [0.717, 1.165) is 24.3 Å². The van der Waals surface area contributed by atoms with Crippen LogP contribution >= 0.6 is 11.6 Å². The lowest BCUT2D eigenvalue weighted by atomic mass is 9.59. The van der Waals surface area contributed by atoms with Crippen LogP contribution in [-0.2, 0) is 5.41 Å². The van der Waals surface area contributed by atoms with Crippen molar-refractivity contribution in [2.45, 2.75) is 44.1 Å². The van der Waals surface area contributed by atoms with E-state index in [0.29, 0.717) is 0 Å². The van der Waals surface area contributed by atoms with Gasteiger partial charge in [0.05, 0.1) is 0 Å². The summed E-state index contributed by atoms with van der Waals surface area (Å²) in [7, 11) is 0. The summed E-state index contributed by atoms with van der Waals surface area (Å²) in [6.07, 6.45) is 4.41. The molecule has 100 valence electrons. The smallest absolute Gasteiger partial charge is 0.0457 e. The Labute approximate surface area is 114 Å². The molecule has 1 aliphatic carbocycles. The van der Waals surface area contributed by atoms with Gasteiger partial charge in [-0.05, 0) is 42.9 Å². The third-order valence-electron chi connectivity index (χ3n) is 4.34. The zero-order chi connectivity index (χ0) is 13.2. The summed E-state index contributed by atoms with van der Waals surface area (Å²) in [6.45, 7) is 2.26. The van der Waals surface area contributed by atoms with E-state index < -0.39 is 0 Å². The highest BCUT2D eigenvalue weighted by molar-refractivity contribution is 6.30. The molecule has 1 aromatic carbocycles. The van der Waals surface area contributed by atoms with Gasteiger partial charge in [-0.25, -0.2) is 0 Å². The predicted molar refractivity (Wildman–Crippen MR) is 75.8 cm³/mol. The van der Waals surface area contributed by atoms with E-state index in [1.807, 2.05) is 19.1 Å². The summed E-state index contributed by atoms with van der Waals surface area (Å²) < 4.78 is 0. The number of nitrogens with two attached hydrogens (primary N) is 1. The first-order valence-corrected chi connectivity index (χ1v) is 7.09. The molecule has 0 aliphatic heterocycles. The van der Waals surface area contributed by atoms with Gasteiger partial charge in [0.25, 0.3) is 0 Å². The summed E-state index contributed by atoms with van der Waals surface area (Å²) in [5.41, 5.74) is 7.82. The summed E-state index contributed by atoms with van der Waals surface area (Å²) in [4.78, 5) is 0. The molecule has 0 amide bonds. The predicted octanol–water partition coefficient (Wildman–Crippen LogP) is 3.11. The SMILES string of the molecule is C[C@@H](CO)C[C@@H](N)C1(c2ccc(Cl)cc2)CCC1. The van der Waals surface area contributed by atoms with Gasteiger partial charge in [0, 0.05) is 23.1 Å². The number of benzene rings is 1.